The van der Waals surface area contributed by atoms with Gasteiger partial charge in [-0.05, 0) is 43.3 Å². The molecule has 0 aliphatic carbocycles. The number of carboxylic acids is 1. The molecule has 1 heterocycles. The van der Waals surface area contributed by atoms with Crippen molar-refractivity contribution < 1.29 is 14.6 Å². The number of nitrogens with zero attached hydrogens (tertiary/aromatic N) is 1. The average Bonchev–Trinajstić information content (AvgIpc) is 2.40. The number of carboxylic acid groups (broad SMARTS) is 1. The van der Waals surface area contributed by atoms with Gasteiger partial charge in [0.2, 0.25) is 0 Å². The lowest BCUT2D eigenvalue weighted by Crippen LogP contribution is -1.97. The first-order chi connectivity index (χ1) is 8.70. The van der Waals surface area contributed by atoms with Crippen molar-refractivity contribution in [2.45, 2.75) is 6.92 Å². The maximum absolute atomic E-state index is 10.7. The van der Waals surface area contributed by atoms with Gasteiger partial charge in [0, 0.05) is 11.8 Å². The fraction of sp³-hybridized carbons (Fsp3) is 0.143. The SMILES string of the molecule is CCOc1ccc(-c2ccc(C(=O)O)cn2)cc1. The van der Waals surface area contributed by atoms with Crippen LogP contribution in [0.25, 0.3) is 11.3 Å². The molecule has 0 unspecified atom stereocenters. The van der Waals surface area contributed by atoms with Crippen LogP contribution in [0.15, 0.2) is 42.6 Å². The maximum atomic E-state index is 10.7. The zero-order valence-electron chi connectivity index (χ0n) is 9.96. The van der Waals surface area contributed by atoms with Gasteiger partial charge in [-0.15, -0.1) is 0 Å². The molecular formula is C14H13NO3. The van der Waals surface area contributed by atoms with Gasteiger partial charge in [0.05, 0.1) is 17.9 Å². The van der Waals surface area contributed by atoms with Crippen LogP contribution in [-0.2, 0) is 0 Å². The molecule has 0 saturated carbocycles. The summed E-state index contributed by atoms with van der Waals surface area (Å²) >= 11 is 0. The van der Waals surface area contributed by atoms with Crippen LogP contribution >= 0.6 is 0 Å². The predicted octanol–water partition coefficient (Wildman–Crippen LogP) is 2.85. The number of pyridine rings is 1. The van der Waals surface area contributed by atoms with E-state index in [1.807, 2.05) is 31.2 Å². The number of hydrogen-bond acceptors (Lipinski definition) is 3. The fourth-order valence-electron chi connectivity index (χ4n) is 1.58. The monoisotopic (exact) mass is 243 g/mol. The Hall–Kier alpha value is -2.36. The molecule has 2 rings (SSSR count). The summed E-state index contributed by atoms with van der Waals surface area (Å²) in [5.41, 5.74) is 1.85. The highest BCUT2D eigenvalue weighted by atomic mass is 16.5. The van der Waals surface area contributed by atoms with Crippen molar-refractivity contribution in [3.05, 3.63) is 48.2 Å². The van der Waals surface area contributed by atoms with Crippen molar-refractivity contribution in [1.29, 1.82) is 0 Å². The van der Waals surface area contributed by atoms with Gasteiger partial charge in [0.15, 0.2) is 0 Å². The number of benzene rings is 1. The highest BCUT2D eigenvalue weighted by Gasteiger charge is 2.04. The van der Waals surface area contributed by atoms with Crippen molar-refractivity contribution in [2.75, 3.05) is 6.61 Å². The van der Waals surface area contributed by atoms with Crippen LogP contribution in [0.3, 0.4) is 0 Å². The first kappa shape index (κ1) is 12.1. The van der Waals surface area contributed by atoms with E-state index in [4.69, 9.17) is 9.84 Å². The van der Waals surface area contributed by atoms with Crippen LogP contribution in [0, 0.1) is 0 Å². The van der Waals surface area contributed by atoms with E-state index in [0.29, 0.717) is 6.61 Å². The molecule has 1 aromatic heterocycles. The minimum absolute atomic E-state index is 0.185. The first-order valence-corrected chi connectivity index (χ1v) is 5.63. The summed E-state index contributed by atoms with van der Waals surface area (Å²) in [6, 6.07) is 10.8. The predicted molar refractivity (Wildman–Crippen MR) is 67.8 cm³/mol. The van der Waals surface area contributed by atoms with Crippen molar-refractivity contribution in [3.8, 4) is 17.0 Å². The van der Waals surface area contributed by atoms with Crippen molar-refractivity contribution in [2.24, 2.45) is 0 Å². The third-order valence-electron chi connectivity index (χ3n) is 2.47. The molecule has 4 heteroatoms. The largest absolute Gasteiger partial charge is 0.494 e. The van der Waals surface area contributed by atoms with E-state index in [1.54, 1.807) is 12.1 Å². The summed E-state index contributed by atoms with van der Waals surface area (Å²) in [6.45, 7) is 2.56. The van der Waals surface area contributed by atoms with Crippen LogP contribution in [0.2, 0.25) is 0 Å². The Bertz CT molecular complexity index is 532. The molecule has 1 N–H and O–H groups in total. The Morgan fingerprint density at radius 2 is 1.94 bits per heavy atom. The van der Waals surface area contributed by atoms with Gasteiger partial charge >= 0.3 is 5.97 Å². The Morgan fingerprint density at radius 1 is 1.22 bits per heavy atom. The average molecular weight is 243 g/mol. The Kier molecular flexibility index (Phi) is 3.57. The summed E-state index contributed by atoms with van der Waals surface area (Å²) in [6.07, 6.45) is 1.36. The third kappa shape index (κ3) is 2.66. The first-order valence-electron chi connectivity index (χ1n) is 5.63. The lowest BCUT2D eigenvalue weighted by molar-refractivity contribution is 0.0696. The highest BCUT2D eigenvalue weighted by Crippen LogP contribution is 2.20. The van der Waals surface area contributed by atoms with E-state index in [1.165, 1.54) is 6.20 Å². The van der Waals surface area contributed by atoms with Crippen LogP contribution < -0.4 is 4.74 Å². The normalized spacial score (nSPS) is 10.1. The zero-order chi connectivity index (χ0) is 13.0. The molecule has 0 atom stereocenters. The molecule has 2 aromatic rings. The van der Waals surface area contributed by atoms with Crippen LogP contribution in [0.4, 0.5) is 0 Å². The molecule has 0 aliphatic rings. The Morgan fingerprint density at radius 3 is 2.44 bits per heavy atom. The summed E-state index contributed by atoms with van der Waals surface area (Å²) in [4.78, 5) is 14.8. The van der Waals surface area contributed by atoms with E-state index in [0.717, 1.165) is 17.0 Å². The molecular weight excluding hydrogens is 230 g/mol. The summed E-state index contributed by atoms with van der Waals surface area (Å²) in [5, 5.41) is 8.79. The smallest absolute Gasteiger partial charge is 0.337 e. The minimum Gasteiger partial charge on any atom is -0.494 e. The molecule has 0 spiro atoms. The van der Waals surface area contributed by atoms with Gasteiger partial charge in [-0.2, -0.15) is 0 Å². The molecule has 0 radical (unpaired) electrons. The topological polar surface area (TPSA) is 59.4 Å². The molecule has 0 saturated heterocycles. The van der Waals surface area contributed by atoms with E-state index in [9.17, 15) is 4.79 Å². The molecule has 0 bridgehead atoms. The summed E-state index contributed by atoms with van der Waals surface area (Å²) in [5.74, 6) is -0.163. The molecule has 1 aromatic carbocycles. The standard InChI is InChI=1S/C14H13NO3/c1-2-18-12-6-3-10(4-7-12)13-8-5-11(9-15-13)14(16)17/h3-9H,2H2,1H3,(H,16,17). The number of aromatic nitrogens is 1. The van der Waals surface area contributed by atoms with Crippen molar-refractivity contribution in [1.82, 2.24) is 4.98 Å². The van der Waals surface area contributed by atoms with E-state index < -0.39 is 5.97 Å². The molecule has 0 fully saturated rings. The van der Waals surface area contributed by atoms with Gasteiger partial charge < -0.3 is 9.84 Å². The van der Waals surface area contributed by atoms with Crippen LogP contribution in [0.1, 0.15) is 17.3 Å². The van der Waals surface area contributed by atoms with Crippen molar-refractivity contribution >= 4 is 5.97 Å². The quantitative estimate of drug-likeness (QED) is 0.897. The van der Waals surface area contributed by atoms with Crippen molar-refractivity contribution in [3.63, 3.8) is 0 Å². The van der Waals surface area contributed by atoms with Gasteiger partial charge in [0.1, 0.15) is 5.75 Å². The lowest BCUT2D eigenvalue weighted by atomic mass is 10.1. The van der Waals surface area contributed by atoms with Gasteiger partial charge in [-0.1, -0.05) is 0 Å². The van der Waals surface area contributed by atoms with Gasteiger partial charge in [-0.3, -0.25) is 4.98 Å². The molecule has 18 heavy (non-hydrogen) atoms. The lowest BCUT2D eigenvalue weighted by Gasteiger charge is -2.04. The molecule has 92 valence electrons. The number of carbonyl (C=O) groups is 1. The second kappa shape index (κ2) is 5.31. The zero-order valence-corrected chi connectivity index (χ0v) is 9.96. The summed E-state index contributed by atoms with van der Waals surface area (Å²) < 4.78 is 5.35. The number of aromatic carboxylic acids is 1. The Balaban J connectivity index is 2.23. The van der Waals surface area contributed by atoms with E-state index in [2.05, 4.69) is 4.98 Å². The van der Waals surface area contributed by atoms with E-state index in [-0.39, 0.29) is 5.56 Å². The van der Waals surface area contributed by atoms with Gasteiger partial charge in [-0.25, -0.2) is 4.79 Å². The van der Waals surface area contributed by atoms with Crippen LogP contribution in [-0.4, -0.2) is 22.7 Å². The Labute approximate surface area is 105 Å². The van der Waals surface area contributed by atoms with Crippen LogP contribution in [0.5, 0.6) is 5.75 Å². The second-order valence-electron chi connectivity index (χ2n) is 3.69. The second-order valence-corrected chi connectivity index (χ2v) is 3.69. The third-order valence-corrected chi connectivity index (χ3v) is 2.47. The summed E-state index contributed by atoms with van der Waals surface area (Å²) in [7, 11) is 0. The minimum atomic E-state index is -0.972. The molecule has 4 nitrogen and oxygen atoms in total. The van der Waals surface area contributed by atoms with E-state index >= 15 is 0 Å². The molecule has 0 amide bonds. The maximum Gasteiger partial charge on any atom is 0.337 e. The fourth-order valence-corrected chi connectivity index (χ4v) is 1.58. The van der Waals surface area contributed by atoms with Gasteiger partial charge in [0.25, 0.3) is 0 Å². The molecule has 0 aliphatic heterocycles. The highest BCUT2D eigenvalue weighted by molar-refractivity contribution is 5.87. The number of rotatable bonds is 4. The number of hydrogen-bond donors (Lipinski definition) is 1. The number of ether oxygens (including phenoxy) is 1.